The summed E-state index contributed by atoms with van der Waals surface area (Å²) in [5.74, 6) is -1.05. The SMILES string of the molecule is CC/C=C\C/C=C\C/C=C\C/C=C\C/C=C\C/C=C\C/C=C\C/C=C\C/C=C\CCCCCC(=O)OCC(COC(=O)CCCCCCC)OC(=O)CCC/C=C\C/C=C\C/C=C\C/C=C\C/C=C\C/C=C\C/C=C\CC. The zero-order valence-electron chi connectivity index (χ0n) is 48.6. The Balaban J connectivity index is 4.31. The third-order valence-corrected chi connectivity index (χ3v) is 11.6. The number of esters is 3. The summed E-state index contributed by atoms with van der Waals surface area (Å²) in [4.78, 5) is 37.8. The highest BCUT2D eigenvalue weighted by Gasteiger charge is 2.19. The number of hydrogen-bond donors (Lipinski definition) is 0. The van der Waals surface area contributed by atoms with Crippen molar-refractivity contribution in [2.24, 2.45) is 0 Å². The highest BCUT2D eigenvalue weighted by molar-refractivity contribution is 5.71. The summed E-state index contributed by atoms with van der Waals surface area (Å²) in [7, 11) is 0. The Morgan fingerprint density at radius 1 is 0.273 bits per heavy atom. The Morgan fingerprint density at radius 3 is 0.818 bits per heavy atom. The van der Waals surface area contributed by atoms with Gasteiger partial charge in [0, 0.05) is 19.3 Å². The average Bonchev–Trinajstić information content (AvgIpc) is 3.43. The number of allylic oxidation sites excluding steroid dienone is 32. The molecular weight excluding hydrogens is 949 g/mol. The van der Waals surface area contributed by atoms with Crippen LogP contribution in [0.5, 0.6) is 0 Å². The largest absolute Gasteiger partial charge is 0.462 e. The van der Waals surface area contributed by atoms with Gasteiger partial charge in [0.2, 0.25) is 0 Å². The molecule has 6 nitrogen and oxygen atoms in total. The Hall–Kier alpha value is -5.75. The van der Waals surface area contributed by atoms with Crippen LogP contribution < -0.4 is 0 Å². The monoisotopic (exact) mass is 1050 g/mol. The molecule has 1 atom stereocenters. The molecule has 0 rings (SSSR count). The molecule has 0 radical (unpaired) electrons. The second-order valence-corrected chi connectivity index (χ2v) is 18.8. The van der Waals surface area contributed by atoms with Gasteiger partial charge in [0.1, 0.15) is 13.2 Å². The fourth-order valence-corrected chi connectivity index (χ4v) is 7.19. The van der Waals surface area contributed by atoms with Crippen molar-refractivity contribution >= 4 is 17.9 Å². The van der Waals surface area contributed by atoms with Crippen LogP contribution in [0.3, 0.4) is 0 Å². The molecule has 0 N–H and O–H groups in total. The second kappa shape index (κ2) is 62.8. The summed E-state index contributed by atoms with van der Waals surface area (Å²) in [6.07, 6.45) is 96.2. The Labute approximate surface area is 471 Å². The van der Waals surface area contributed by atoms with Crippen molar-refractivity contribution in [3.8, 4) is 0 Å². The molecule has 0 fully saturated rings. The van der Waals surface area contributed by atoms with Crippen molar-refractivity contribution in [1.29, 1.82) is 0 Å². The minimum absolute atomic E-state index is 0.123. The van der Waals surface area contributed by atoms with Crippen LogP contribution in [0, 0.1) is 0 Å². The Bertz CT molecular complexity index is 1880. The normalized spacial score (nSPS) is 13.5. The van der Waals surface area contributed by atoms with Gasteiger partial charge in [0.15, 0.2) is 6.10 Å². The average molecular weight is 1060 g/mol. The smallest absolute Gasteiger partial charge is 0.306 e. The van der Waals surface area contributed by atoms with E-state index in [1.54, 1.807) is 0 Å². The van der Waals surface area contributed by atoms with Gasteiger partial charge in [-0.05, 0) is 141 Å². The van der Waals surface area contributed by atoms with Crippen molar-refractivity contribution < 1.29 is 28.6 Å². The lowest BCUT2D eigenvalue weighted by molar-refractivity contribution is -0.167. The molecule has 426 valence electrons. The van der Waals surface area contributed by atoms with Crippen LogP contribution in [-0.2, 0) is 28.6 Å². The van der Waals surface area contributed by atoms with E-state index in [1.807, 2.05) is 0 Å². The molecule has 0 heterocycles. The van der Waals surface area contributed by atoms with Gasteiger partial charge in [-0.15, -0.1) is 0 Å². The fraction of sp³-hybridized carbons (Fsp3) is 0.507. The Kier molecular flexibility index (Phi) is 58.1. The van der Waals surface area contributed by atoms with Crippen molar-refractivity contribution in [3.05, 3.63) is 194 Å². The van der Waals surface area contributed by atoms with Gasteiger partial charge in [-0.25, -0.2) is 0 Å². The Morgan fingerprint density at radius 2 is 0.519 bits per heavy atom. The van der Waals surface area contributed by atoms with E-state index in [1.165, 1.54) is 0 Å². The summed E-state index contributed by atoms with van der Waals surface area (Å²) >= 11 is 0. The van der Waals surface area contributed by atoms with Crippen molar-refractivity contribution in [2.45, 2.75) is 219 Å². The first-order valence-corrected chi connectivity index (χ1v) is 29.9. The molecule has 0 aliphatic rings. The molecule has 6 heteroatoms. The maximum absolute atomic E-state index is 12.8. The third kappa shape index (κ3) is 61.0. The minimum Gasteiger partial charge on any atom is -0.462 e. The topological polar surface area (TPSA) is 78.9 Å². The van der Waals surface area contributed by atoms with Crippen LogP contribution in [0.15, 0.2) is 194 Å². The molecule has 0 aromatic carbocycles. The highest BCUT2D eigenvalue weighted by atomic mass is 16.6. The van der Waals surface area contributed by atoms with Crippen LogP contribution in [-0.4, -0.2) is 37.2 Å². The first-order valence-electron chi connectivity index (χ1n) is 29.9. The quantitative estimate of drug-likeness (QED) is 0.0261. The number of hydrogen-bond acceptors (Lipinski definition) is 6. The van der Waals surface area contributed by atoms with Gasteiger partial charge >= 0.3 is 17.9 Å². The second-order valence-electron chi connectivity index (χ2n) is 18.8. The van der Waals surface area contributed by atoms with E-state index in [0.717, 1.165) is 167 Å². The van der Waals surface area contributed by atoms with Gasteiger partial charge in [-0.1, -0.05) is 247 Å². The van der Waals surface area contributed by atoms with Crippen LogP contribution >= 0.6 is 0 Å². The van der Waals surface area contributed by atoms with E-state index < -0.39 is 6.10 Å². The predicted octanol–water partition coefficient (Wildman–Crippen LogP) is 20.6. The standard InChI is InChI=1S/C71H106O6/c1-4-7-10-13-15-17-19-21-23-25-27-29-31-32-33-34-35-36-37-38-40-41-43-45-47-49-51-53-55-58-61-64-70(73)76-67-68(66-75-69(72)63-60-57-12-9-6-3)77-71(74)65-62-59-56-54-52-50-48-46-44-42-39-30-28-26-24-22-20-18-16-14-11-8-5-2/h7-8,10-11,15-18,21-24,27-30,32-33,35-36,38,40,42-45,48-51,54,56,68H,4-6,9,12-14,19-20,25-26,31,34,37,39,41,46-47,52-53,55,57-67H2,1-3H3/b10-7-,11-8-,17-15-,18-16-,23-21-,24-22-,29-27-,30-28-,33-32-,36-35-,40-38-,44-42-,45-43-,50-48-,51-49-,56-54-. The highest BCUT2D eigenvalue weighted by Crippen LogP contribution is 2.11. The maximum Gasteiger partial charge on any atom is 0.306 e. The summed E-state index contributed by atoms with van der Waals surface area (Å²) in [6.45, 7) is 6.22. The van der Waals surface area contributed by atoms with Gasteiger partial charge < -0.3 is 14.2 Å². The summed E-state index contributed by atoms with van der Waals surface area (Å²) in [6, 6.07) is 0. The van der Waals surface area contributed by atoms with Gasteiger partial charge in [-0.2, -0.15) is 0 Å². The van der Waals surface area contributed by atoms with Crippen molar-refractivity contribution in [2.75, 3.05) is 13.2 Å². The van der Waals surface area contributed by atoms with E-state index in [0.29, 0.717) is 19.3 Å². The predicted molar refractivity (Wildman–Crippen MR) is 334 cm³/mol. The molecule has 0 bridgehead atoms. The molecule has 0 aliphatic heterocycles. The maximum atomic E-state index is 12.8. The van der Waals surface area contributed by atoms with Crippen LogP contribution in [0.2, 0.25) is 0 Å². The molecule has 0 aromatic rings. The van der Waals surface area contributed by atoms with Crippen LogP contribution in [0.4, 0.5) is 0 Å². The molecule has 0 amide bonds. The van der Waals surface area contributed by atoms with Gasteiger partial charge in [0.25, 0.3) is 0 Å². The van der Waals surface area contributed by atoms with E-state index in [9.17, 15) is 14.4 Å². The number of unbranched alkanes of at least 4 members (excludes halogenated alkanes) is 8. The lowest BCUT2D eigenvalue weighted by Crippen LogP contribution is -2.30. The molecule has 77 heavy (non-hydrogen) atoms. The molecule has 0 saturated carbocycles. The van der Waals surface area contributed by atoms with E-state index >= 15 is 0 Å². The van der Waals surface area contributed by atoms with Crippen molar-refractivity contribution in [1.82, 2.24) is 0 Å². The number of ether oxygens (including phenoxy) is 3. The number of carbonyl (C=O) groups is 3. The summed E-state index contributed by atoms with van der Waals surface area (Å²) < 4.78 is 16.6. The third-order valence-electron chi connectivity index (χ3n) is 11.6. The van der Waals surface area contributed by atoms with E-state index in [2.05, 4.69) is 215 Å². The van der Waals surface area contributed by atoms with E-state index in [-0.39, 0.29) is 37.5 Å². The molecule has 0 spiro atoms. The molecule has 0 aromatic heterocycles. The van der Waals surface area contributed by atoms with Crippen LogP contribution in [0.1, 0.15) is 213 Å². The first kappa shape index (κ1) is 71.2. The molecule has 1 unspecified atom stereocenters. The minimum atomic E-state index is -0.831. The number of rotatable bonds is 51. The lowest BCUT2D eigenvalue weighted by atomic mass is 10.1. The summed E-state index contributed by atoms with van der Waals surface area (Å²) in [5, 5.41) is 0. The van der Waals surface area contributed by atoms with E-state index in [4.69, 9.17) is 14.2 Å². The lowest BCUT2D eigenvalue weighted by Gasteiger charge is -2.18. The van der Waals surface area contributed by atoms with Crippen molar-refractivity contribution in [3.63, 3.8) is 0 Å². The summed E-state index contributed by atoms with van der Waals surface area (Å²) in [5.41, 5.74) is 0. The molecule has 0 aliphatic carbocycles. The first-order chi connectivity index (χ1) is 38.0. The zero-order valence-corrected chi connectivity index (χ0v) is 48.6. The van der Waals surface area contributed by atoms with Gasteiger partial charge in [0.05, 0.1) is 0 Å². The zero-order chi connectivity index (χ0) is 55.7. The van der Waals surface area contributed by atoms with Gasteiger partial charge in [-0.3, -0.25) is 14.4 Å². The molecule has 0 saturated heterocycles. The van der Waals surface area contributed by atoms with Crippen LogP contribution in [0.25, 0.3) is 0 Å². The fourth-order valence-electron chi connectivity index (χ4n) is 7.19. The number of carbonyl (C=O) groups excluding carboxylic acids is 3. The molecular formula is C71H106O6.